The fourth-order valence-electron chi connectivity index (χ4n) is 2.42. The molecule has 1 heteroatoms. The van der Waals surface area contributed by atoms with Gasteiger partial charge in [0.05, 0.1) is 6.07 Å². The molecular weight excluding hydrogens is 170 g/mol. The molecule has 0 aromatic rings. The van der Waals surface area contributed by atoms with Gasteiger partial charge >= 0.3 is 0 Å². The Bertz CT molecular complexity index is 202. The fourth-order valence-corrected chi connectivity index (χ4v) is 2.42. The van der Waals surface area contributed by atoms with E-state index in [2.05, 4.69) is 12.6 Å². The first-order valence-electron chi connectivity index (χ1n) is 5.89. The van der Waals surface area contributed by atoms with Crippen LogP contribution in [0.1, 0.15) is 51.4 Å². The molecule has 2 unspecified atom stereocenters. The summed E-state index contributed by atoms with van der Waals surface area (Å²) in [7, 11) is 0. The van der Waals surface area contributed by atoms with Crippen LogP contribution in [0, 0.1) is 23.2 Å². The van der Waals surface area contributed by atoms with Crippen molar-refractivity contribution < 1.29 is 0 Å². The molecule has 0 heterocycles. The predicted octanol–water partition coefficient (Wildman–Crippen LogP) is 4.06. The lowest BCUT2D eigenvalue weighted by Gasteiger charge is -2.26. The van der Waals surface area contributed by atoms with Crippen molar-refractivity contribution in [3.8, 4) is 6.07 Å². The maximum atomic E-state index is 9.00. The van der Waals surface area contributed by atoms with Crippen LogP contribution in [-0.4, -0.2) is 0 Å². The minimum absolute atomic E-state index is 0.354. The molecule has 1 fully saturated rings. The van der Waals surface area contributed by atoms with Crippen LogP contribution in [0.5, 0.6) is 0 Å². The van der Waals surface area contributed by atoms with Crippen molar-refractivity contribution in [2.45, 2.75) is 51.4 Å². The number of allylic oxidation sites excluding steroid dienone is 1. The van der Waals surface area contributed by atoms with E-state index < -0.39 is 0 Å². The van der Waals surface area contributed by atoms with Crippen molar-refractivity contribution in [2.24, 2.45) is 11.8 Å². The molecule has 0 aromatic heterocycles. The first-order chi connectivity index (χ1) is 6.88. The third kappa shape index (κ3) is 3.54. The van der Waals surface area contributed by atoms with Gasteiger partial charge in [-0.15, -0.1) is 6.58 Å². The summed E-state index contributed by atoms with van der Waals surface area (Å²) in [6.45, 7) is 3.72. The van der Waals surface area contributed by atoms with Crippen LogP contribution in [0.4, 0.5) is 0 Å². The Labute approximate surface area is 87.8 Å². The molecule has 0 saturated heterocycles. The van der Waals surface area contributed by atoms with E-state index in [1.807, 2.05) is 6.08 Å². The lowest BCUT2D eigenvalue weighted by atomic mass is 9.77. The predicted molar refractivity (Wildman–Crippen MR) is 59.7 cm³/mol. The number of rotatable bonds is 5. The summed E-state index contributed by atoms with van der Waals surface area (Å²) in [5.41, 5.74) is 0. The highest BCUT2D eigenvalue weighted by Crippen LogP contribution is 2.33. The highest BCUT2D eigenvalue weighted by atomic mass is 14.3. The number of nitrogens with zero attached hydrogens (tertiary/aromatic N) is 1. The van der Waals surface area contributed by atoms with E-state index in [1.54, 1.807) is 0 Å². The average molecular weight is 191 g/mol. The van der Waals surface area contributed by atoms with Crippen LogP contribution >= 0.6 is 0 Å². The van der Waals surface area contributed by atoms with Gasteiger partial charge < -0.3 is 0 Å². The highest BCUT2D eigenvalue weighted by molar-refractivity contribution is 4.90. The normalized spacial score (nSPS) is 26.8. The molecule has 0 spiro atoms. The van der Waals surface area contributed by atoms with Crippen LogP contribution in [0.3, 0.4) is 0 Å². The van der Waals surface area contributed by atoms with E-state index in [-0.39, 0.29) is 0 Å². The summed E-state index contributed by atoms with van der Waals surface area (Å²) in [4.78, 5) is 0. The van der Waals surface area contributed by atoms with E-state index >= 15 is 0 Å². The smallest absolute Gasteiger partial charge is 0.0658 e. The molecule has 2 atom stereocenters. The molecule has 1 saturated carbocycles. The Kier molecular flexibility index (Phi) is 5.37. The van der Waals surface area contributed by atoms with Gasteiger partial charge in [0.2, 0.25) is 0 Å². The monoisotopic (exact) mass is 191 g/mol. The van der Waals surface area contributed by atoms with Crippen molar-refractivity contribution in [3.05, 3.63) is 12.7 Å². The molecule has 0 aliphatic heterocycles. The van der Waals surface area contributed by atoms with Crippen molar-refractivity contribution in [1.82, 2.24) is 0 Å². The van der Waals surface area contributed by atoms with Gasteiger partial charge in [0.15, 0.2) is 0 Å². The molecule has 0 N–H and O–H groups in total. The topological polar surface area (TPSA) is 23.8 Å². The summed E-state index contributed by atoms with van der Waals surface area (Å²) in [6.07, 6.45) is 11.9. The Morgan fingerprint density at radius 2 is 2.07 bits per heavy atom. The second kappa shape index (κ2) is 6.65. The number of hydrogen-bond acceptors (Lipinski definition) is 1. The van der Waals surface area contributed by atoms with E-state index in [0.717, 1.165) is 12.8 Å². The molecule has 78 valence electrons. The van der Waals surface area contributed by atoms with Gasteiger partial charge in [-0.05, 0) is 38.0 Å². The van der Waals surface area contributed by atoms with Crippen LogP contribution in [0.25, 0.3) is 0 Å². The van der Waals surface area contributed by atoms with Crippen molar-refractivity contribution in [2.75, 3.05) is 0 Å². The quantitative estimate of drug-likeness (QED) is 0.475. The summed E-state index contributed by atoms with van der Waals surface area (Å²) in [5, 5.41) is 9.00. The molecular formula is C13H21N. The first-order valence-corrected chi connectivity index (χ1v) is 5.89. The second-order valence-corrected chi connectivity index (χ2v) is 4.35. The minimum atomic E-state index is 0.354. The third-order valence-electron chi connectivity index (χ3n) is 3.31. The van der Waals surface area contributed by atoms with Crippen molar-refractivity contribution in [3.63, 3.8) is 0 Å². The van der Waals surface area contributed by atoms with E-state index in [4.69, 9.17) is 5.26 Å². The number of nitriles is 1. The van der Waals surface area contributed by atoms with E-state index in [0.29, 0.717) is 11.8 Å². The molecule has 0 bridgehead atoms. The molecule has 0 aromatic carbocycles. The van der Waals surface area contributed by atoms with Gasteiger partial charge in [-0.25, -0.2) is 0 Å². The zero-order valence-electron chi connectivity index (χ0n) is 9.04. The standard InChI is InChI=1S/C13H21N/c1-2-3-4-5-8-12-9-6-7-10-13(12)11-14/h2,12-13H,1,3-10H2. The Morgan fingerprint density at radius 1 is 1.29 bits per heavy atom. The Hall–Kier alpha value is -0.770. The zero-order chi connectivity index (χ0) is 10.2. The Balaban J connectivity index is 2.20. The molecule has 1 rings (SSSR count). The van der Waals surface area contributed by atoms with Gasteiger partial charge in [0.1, 0.15) is 0 Å². The SMILES string of the molecule is C=CCCCCC1CCCCC1C#N. The lowest BCUT2D eigenvalue weighted by Crippen LogP contribution is -2.17. The molecule has 0 radical (unpaired) electrons. The van der Waals surface area contributed by atoms with Crippen molar-refractivity contribution >= 4 is 0 Å². The molecule has 14 heavy (non-hydrogen) atoms. The van der Waals surface area contributed by atoms with Gasteiger partial charge in [-0.2, -0.15) is 5.26 Å². The Morgan fingerprint density at radius 3 is 2.79 bits per heavy atom. The van der Waals surface area contributed by atoms with Gasteiger partial charge in [0, 0.05) is 5.92 Å². The summed E-state index contributed by atoms with van der Waals surface area (Å²) in [5.74, 6) is 1.05. The third-order valence-corrected chi connectivity index (χ3v) is 3.31. The zero-order valence-corrected chi connectivity index (χ0v) is 9.04. The van der Waals surface area contributed by atoms with Crippen LogP contribution < -0.4 is 0 Å². The summed E-state index contributed by atoms with van der Waals surface area (Å²) >= 11 is 0. The molecule has 0 amide bonds. The number of unbranched alkanes of at least 4 members (excludes halogenated alkanes) is 2. The number of hydrogen-bond donors (Lipinski definition) is 0. The summed E-state index contributed by atoms with van der Waals surface area (Å²) < 4.78 is 0. The van der Waals surface area contributed by atoms with Gasteiger partial charge in [-0.3, -0.25) is 0 Å². The summed E-state index contributed by atoms with van der Waals surface area (Å²) in [6, 6.07) is 2.47. The molecule has 1 aliphatic rings. The molecule has 1 aliphatic carbocycles. The van der Waals surface area contributed by atoms with E-state index in [9.17, 15) is 0 Å². The van der Waals surface area contributed by atoms with Crippen molar-refractivity contribution in [1.29, 1.82) is 5.26 Å². The average Bonchev–Trinajstić information content (AvgIpc) is 2.25. The fraction of sp³-hybridized carbons (Fsp3) is 0.769. The lowest BCUT2D eigenvalue weighted by molar-refractivity contribution is 0.268. The van der Waals surface area contributed by atoms with E-state index in [1.165, 1.54) is 38.5 Å². The highest BCUT2D eigenvalue weighted by Gasteiger charge is 2.23. The second-order valence-electron chi connectivity index (χ2n) is 4.35. The minimum Gasteiger partial charge on any atom is -0.198 e. The largest absolute Gasteiger partial charge is 0.198 e. The van der Waals surface area contributed by atoms with Gasteiger partial charge in [0.25, 0.3) is 0 Å². The maximum Gasteiger partial charge on any atom is 0.0658 e. The maximum absolute atomic E-state index is 9.00. The molecule has 1 nitrogen and oxygen atoms in total. The van der Waals surface area contributed by atoms with Crippen LogP contribution in [0.2, 0.25) is 0 Å². The van der Waals surface area contributed by atoms with Gasteiger partial charge in [-0.1, -0.05) is 25.3 Å². The van der Waals surface area contributed by atoms with Crippen LogP contribution in [-0.2, 0) is 0 Å². The van der Waals surface area contributed by atoms with Crippen LogP contribution in [0.15, 0.2) is 12.7 Å². The first kappa shape index (κ1) is 11.3.